The highest BCUT2D eigenvalue weighted by molar-refractivity contribution is 6.30. The van der Waals surface area contributed by atoms with Crippen molar-refractivity contribution in [3.8, 4) is 5.75 Å². The summed E-state index contributed by atoms with van der Waals surface area (Å²) >= 11 is 5.81. The molecule has 1 aromatic carbocycles. The van der Waals surface area contributed by atoms with Gasteiger partial charge in [-0.3, -0.25) is 9.59 Å². The Balaban J connectivity index is 1.33. The number of halogens is 1. The van der Waals surface area contributed by atoms with Crippen molar-refractivity contribution in [2.75, 3.05) is 33.4 Å². The van der Waals surface area contributed by atoms with Gasteiger partial charge in [0, 0.05) is 29.8 Å². The summed E-state index contributed by atoms with van der Waals surface area (Å²) in [6.45, 7) is 1.46. The van der Waals surface area contributed by atoms with Crippen LogP contribution >= 0.6 is 11.6 Å². The van der Waals surface area contributed by atoms with E-state index in [2.05, 4.69) is 16.0 Å². The summed E-state index contributed by atoms with van der Waals surface area (Å²) in [4.78, 5) is 24.0. The average molecular weight is 382 g/mol. The number of ether oxygens (including phenoxy) is 2. The third-order valence-electron chi connectivity index (χ3n) is 4.79. The van der Waals surface area contributed by atoms with Crippen molar-refractivity contribution in [2.45, 2.75) is 30.3 Å². The second-order valence-corrected chi connectivity index (χ2v) is 7.54. The summed E-state index contributed by atoms with van der Waals surface area (Å²) < 4.78 is 10.4. The van der Waals surface area contributed by atoms with Crippen LogP contribution in [0.15, 0.2) is 24.3 Å². The standard InChI is InChI=1S/C18H24ClN3O4/c1-25-7-6-20-8-15(23)21-17-10-18(11-17,12-17)22-16(24)9-26-14-4-2-13(19)3-5-14/h2-5,20H,6-12H2,1H3,(H,21,23)(H,22,24). The number of hydrogen-bond donors (Lipinski definition) is 3. The molecule has 3 saturated carbocycles. The fraction of sp³-hybridized carbons (Fsp3) is 0.556. The molecule has 0 spiro atoms. The summed E-state index contributed by atoms with van der Waals surface area (Å²) in [6, 6.07) is 6.88. The molecular weight excluding hydrogens is 358 g/mol. The Morgan fingerprint density at radius 1 is 1.08 bits per heavy atom. The zero-order chi connectivity index (χ0) is 18.6. The predicted octanol–water partition coefficient (Wildman–Crippen LogP) is 0.862. The van der Waals surface area contributed by atoms with E-state index in [0.29, 0.717) is 23.9 Å². The lowest BCUT2D eigenvalue weighted by molar-refractivity contribution is -0.150. The first-order valence-electron chi connectivity index (χ1n) is 8.64. The summed E-state index contributed by atoms with van der Waals surface area (Å²) in [5, 5.41) is 9.73. The topological polar surface area (TPSA) is 88.7 Å². The van der Waals surface area contributed by atoms with Crippen LogP contribution in [0.5, 0.6) is 5.75 Å². The Morgan fingerprint density at radius 3 is 2.31 bits per heavy atom. The maximum absolute atomic E-state index is 12.1. The maximum atomic E-state index is 12.1. The molecular formula is C18H24ClN3O4. The molecule has 26 heavy (non-hydrogen) atoms. The van der Waals surface area contributed by atoms with Crippen molar-refractivity contribution in [3.05, 3.63) is 29.3 Å². The Kier molecular flexibility index (Phi) is 5.70. The fourth-order valence-corrected chi connectivity index (χ4v) is 3.91. The second-order valence-electron chi connectivity index (χ2n) is 7.10. The molecule has 2 bridgehead atoms. The van der Waals surface area contributed by atoms with E-state index in [1.165, 1.54) is 0 Å². The van der Waals surface area contributed by atoms with Gasteiger partial charge in [-0.15, -0.1) is 0 Å². The average Bonchev–Trinajstić information content (AvgIpc) is 2.55. The van der Waals surface area contributed by atoms with Crippen LogP contribution in [0.25, 0.3) is 0 Å². The molecule has 3 aliphatic rings. The zero-order valence-corrected chi connectivity index (χ0v) is 15.5. The molecule has 3 aliphatic carbocycles. The van der Waals surface area contributed by atoms with Crippen LogP contribution < -0.4 is 20.7 Å². The molecule has 0 unspecified atom stereocenters. The van der Waals surface area contributed by atoms with Gasteiger partial charge < -0.3 is 25.4 Å². The van der Waals surface area contributed by atoms with Gasteiger partial charge in [-0.2, -0.15) is 0 Å². The van der Waals surface area contributed by atoms with E-state index >= 15 is 0 Å². The predicted molar refractivity (Wildman–Crippen MR) is 97.3 cm³/mol. The maximum Gasteiger partial charge on any atom is 0.258 e. The molecule has 1 aromatic rings. The molecule has 142 valence electrons. The largest absolute Gasteiger partial charge is 0.484 e. The fourth-order valence-electron chi connectivity index (χ4n) is 3.78. The molecule has 0 saturated heterocycles. The van der Waals surface area contributed by atoms with Crippen LogP contribution in [0.2, 0.25) is 5.02 Å². The van der Waals surface area contributed by atoms with E-state index in [4.69, 9.17) is 21.1 Å². The third kappa shape index (κ3) is 4.47. The van der Waals surface area contributed by atoms with Gasteiger partial charge in [-0.25, -0.2) is 0 Å². The monoisotopic (exact) mass is 381 g/mol. The number of amides is 2. The molecule has 0 aromatic heterocycles. The van der Waals surface area contributed by atoms with Gasteiger partial charge in [0.05, 0.1) is 13.2 Å². The van der Waals surface area contributed by atoms with Gasteiger partial charge in [0.2, 0.25) is 5.91 Å². The van der Waals surface area contributed by atoms with E-state index in [-0.39, 0.29) is 36.0 Å². The van der Waals surface area contributed by atoms with Gasteiger partial charge in [0.15, 0.2) is 6.61 Å². The lowest BCUT2D eigenvalue weighted by Gasteiger charge is -2.70. The Labute approximate surface area is 157 Å². The summed E-state index contributed by atoms with van der Waals surface area (Å²) in [7, 11) is 1.62. The molecule has 8 heteroatoms. The zero-order valence-electron chi connectivity index (χ0n) is 14.8. The minimum Gasteiger partial charge on any atom is -0.484 e. The van der Waals surface area contributed by atoms with Crippen LogP contribution in [0.3, 0.4) is 0 Å². The number of nitrogens with one attached hydrogen (secondary N) is 3. The first kappa shape index (κ1) is 18.9. The van der Waals surface area contributed by atoms with E-state index in [9.17, 15) is 9.59 Å². The van der Waals surface area contributed by atoms with Crippen molar-refractivity contribution in [1.29, 1.82) is 0 Å². The van der Waals surface area contributed by atoms with Crippen LogP contribution in [0.4, 0.5) is 0 Å². The number of hydrogen-bond acceptors (Lipinski definition) is 5. The molecule has 2 amide bonds. The SMILES string of the molecule is COCCNCC(=O)NC12CC(NC(=O)COc3ccc(Cl)cc3)(C1)C2. The molecule has 3 fully saturated rings. The third-order valence-corrected chi connectivity index (χ3v) is 5.04. The highest BCUT2D eigenvalue weighted by Crippen LogP contribution is 2.60. The molecule has 0 atom stereocenters. The summed E-state index contributed by atoms with van der Waals surface area (Å²) in [5.41, 5.74) is -0.332. The molecule has 3 N–H and O–H groups in total. The molecule has 0 aliphatic heterocycles. The van der Waals surface area contributed by atoms with Gasteiger partial charge in [-0.05, 0) is 43.5 Å². The Hall–Kier alpha value is -1.83. The van der Waals surface area contributed by atoms with Crippen molar-refractivity contribution in [2.24, 2.45) is 0 Å². The Bertz CT molecular complexity index is 645. The minimum absolute atomic E-state index is 0.0215. The summed E-state index contributed by atoms with van der Waals surface area (Å²) in [5.74, 6) is 0.430. The smallest absolute Gasteiger partial charge is 0.258 e. The van der Waals surface area contributed by atoms with Gasteiger partial charge >= 0.3 is 0 Å². The highest BCUT2D eigenvalue weighted by atomic mass is 35.5. The van der Waals surface area contributed by atoms with Crippen LogP contribution in [0.1, 0.15) is 19.3 Å². The number of methoxy groups -OCH3 is 1. The van der Waals surface area contributed by atoms with Crippen LogP contribution in [0, 0.1) is 0 Å². The Morgan fingerprint density at radius 2 is 1.69 bits per heavy atom. The van der Waals surface area contributed by atoms with E-state index < -0.39 is 0 Å². The lowest BCUT2D eigenvalue weighted by atomic mass is 9.44. The van der Waals surface area contributed by atoms with Gasteiger partial charge in [0.25, 0.3) is 5.91 Å². The van der Waals surface area contributed by atoms with Crippen molar-refractivity contribution in [3.63, 3.8) is 0 Å². The first-order valence-corrected chi connectivity index (χ1v) is 9.02. The normalized spacial score (nSPS) is 25.6. The number of benzene rings is 1. The van der Waals surface area contributed by atoms with E-state index in [1.807, 2.05) is 0 Å². The number of carbonyl (C=O) groups is 2. The lowest BCUT2D eigenvalue weighted by Crippen LogP contribution is -2.84. The molecule has 0 radical (unpaired) electrons. The van der Waals surface area contributed by atoms with Crippen molar-refractivity contribution < 1.29 is 19.1 Å². The quantitative estimate of drug-likeness (QED) is 0.523. The van der Waals surface area contributed by atoms with Gasteiger partial charge in [0.1, 0.15) is 5.75 Å². The molecule has 0 heterocycles. The van der Waals surface area contributed by atoms with Crippen molar-refractivity contribution >= 4 is 23.4 Å². The molecule has 7 nitrogen and oxygen atoms in total. The van der Waals surface area contributed by atoms with Crippen LogP contribution in [-0.4, -0.2) is 56.3 Å². The van der Waals surface area contributed by atoms with Crippen LogP contribution in [-0.2, 0) is 14.3 Å². The van der Waals surface area contributed by atoms with E-state index in [0.717, 1.165) is 19.3 Å². The van der Waals surface area contributed by atoms with E-state index in [1.54, 1.807) is 31.4 Å². The number of carbonyl (C=O) groups excluding carboxylic acids is 2. The number of rotatable bonds is 10. The minimum atomic E-state index is -0.183. The second kappa shape index (κ2) is 7.82. The molecule has 4 rings (SSSR count). The first-order chi connectivity index (χ1) is 12.4. The van der Waals surface area contributed by atoms with Gasteiger partial charge in [-0.1, -0.05) is 11.6 Å². The summed E-state index contributed by atoms with van der Waals surface area (Å²) in [6.07, 6.45) is 2.32. The van der Waals surface area contributed by atoms with Crippen molar-refractivity contribution in [1.82, 2.24) is 16.0 Å². The highest BCUT2D eigenvalue weighted by Gasteiger charge is 2.69.